The van der Waals surface area contributed by atoms with Gasteiger partial charge in [0, 0.05) is 35.4 Å². The Hall–Kier alpha value is -3.94. The van der Waals surface area contributed by atoms with Crippen molar-refractivity contribution in [3.8, 4) is 5.75 Å². The lowest BCUT2D eigenvalue weighted by Gasteiger charge is -2.34. The number of nitro groups is 1. The number of hydrogen-bond donors (Lipinski definition) is 1. The number of aryl methyl sites for hydroxylation is 1. The summed E-state index contributed by atoms with van der Waals surface area (Å²) in [5.41, 5.74) is 4.38. The Morgan fingerprint density at radius 3 is 2.57 bits per heavy atom. The summed E-state index contributed by atoms with van der Waals surface area (Å²) >= 11 is 0. The van der Waals surface area contributed by atoms with Gasteiger partial charge >= 0.3 is 11.7 Å². The van der Waals surface area contributed by atoms with Crippen LogP contribution in [-0.2, 0) is 20.9 Å². The molecule has 8 nitrogen and oxygen atoms in total. The summed E-state index contributed by atoms with van der Waals surface area (Å²) in [4.78, 5) is 37.4. The summed E-state index contributed by atoms with van der Waals surface area (Å²) in [7, 11) is 0. The molecule has 0 unspecified atom stereocenters. The van der Waals surface area contributed by atoms with Crippen molar-refractivity contribution in [2.24, 2.45) is 0 Å². The van der Waals surface area contributed by atoms with Crippen LogP contribution in [0.25, 0.3) is 0 Å². The highest BCUT2D eigenvalue weighted by molar-refractivity contribution is 6.03. The van der Waals surface area contributed by atoms with E-state index in [9.17, 15) is 19.7 Å². The van der Waals surface area contributed by atoms with Crippen LogP contribution in [0.2, 0.25) is 0 Å². The van der Waals surface area contributed by atoms with Gasteiger partial charge in [-0.25, -0.2) is 4.79 Å². The number of nitro benzene ring substituents is 1. The molecule has 8 heteroatoms. The van der Waals surface area contributed by atoms with E-state index in [-0.39, 0.29) is 30.4 Å². The van der Waals surface area contributed by atoms with Crippen LogP contribution < -0.4 is 10.1 Å². The number of nitrogens with zero attached hydrogens (tertiary/aromatic N) is 1. The summed E-state index contributed by atoms with van der Waals surface area (Å²) in [6, 6.07) is 12.3. The van der Waals surface area contributed by atoms with E-state index in [1.165, 1.54) is 12.1 Å². The standard InChI is InChI=1S/C27H28N2O6/c1-4-34-27(31)24-17(3)28-20-6-5-7-22(30)26(20)25(24)19-12-13-23(21(14-19)29(32)33)35-15-18-10-8-16(2)9-11-18/h8-14,25,28H,4-7,15H2,1-3H3/t25-/m0/s1. The van der Waals surface area contributed by atoms with Gasteiger partial charge in [-0.1, -0.05) is 35.9 Å². The first-order valence-corrected chi connectivity index (χ1v) is 11.7. The van der Waals surface area contributed by atoms with Crippen LogP contribution in [0, 0.1) is 17.0 Å². The third-order valence-corrected chi connectivity index (χ3v) is 6.30. The summed E-state index contributed by atoms with van der Waals surface area (Å²) in [5.74, 6) is -1.24. The lowest BCUT2D eigenvalue weighted by atomic mass is 9.75. The number of nitrogens with one attached hydrogen (secondary N) is 1. The molecule has 2 aromatic carbocycles. The van der Waals surface area contributed by atoms with E-state index in [4.69, 9.17) is 9.47 Å². The molecule has 1 atom stereocenters. The Bertz CT molecular complexity index is 1240. The number of rotatable bonds is 7. The van der Waals surface area contributed by atoms with E-state index < -0.39 is 16.8 Å². The zero-order valence-corrected chi connectivity index (χ0v) is 20.1. The molecule has 0 radical (unpaired) electrons. The number of esters is 1. The minimum atomic E-state index is -0.747. The fraction of sp³-hybridized carbons (Fsp3) is 0.333. The zero-order valence-electron chi connectivity index (χ0n) is 20.1. The number of carbonyl (C=O) groups excluding carboxylic acids is 2. The van der Waals surface area contributed by atoms with Gasteiger partial charge < -0.3 is 14.8 Å². The lowest BCUT2D eigenvalue weighted by molar-refractivity contribution is -0.386. The second-order valence-corrected chi connectivity index (χ2v) is 8.74. The fourth-order valence-corrected chi connectivity index (χ4v) is 4.62. The van der Waals surface area contributed by atoms with Crippen molar-refractivity contribution in [1.82, 2.24) is 5.32 Å². The Balaban J connectivity index is 1.75. The highest BCUT2D eigenvalue weighted by atomic mass is 16.6. The molecule has 182 valence electrons. The first-order valence-electron chi connectivity index (χ1n) is 11.7. The molecule has 1 N–H and O–H groups in total. The van der Waals surface area contributed by atoms with Crippen molar-refractivity contribution in [2.45, 2.75) is 52.6 Å². The number of hydrogen-bond acceptors (Lipinski definition) is 7. The summed E-state index contributed by atoms with van der Waals surface area (Å²) < 4.78 is 11.1. The average Bonchev–Trinajstić information content (AvgIpc) is 2.83. The Morgan fingerprint density at radius 1 is 1.14 bits per heavy atom. The van der Waals surface area contributed by atoms with Crippen LogP contribution in [0.1, 0.15) is 55.7 Å². The molecular formula is C27H28N2O6. The minimum Gasteiger partial charge on any atom is -0.482 e. The second-order valence-electron chi connectivity index (χ2n) is 8.74. The molecule has 0 saturated heterocycles. The van der Waals surface area contributed by atoms with E-state index in [0.717, 1.165) is 16.8 Å². The molecule has 1 aliphatic heterocycles. The van der Waals surface area contributed by atoms with Gasteiger partial charge in [-0.05, 0) is 50.8 Å². The molecule has 0 saturated carbocycles. The van der Waals surface area contributed by atoms with E-state index in [0.29, 0.717) is 41.7 Å². The third-order valence-electron chi connectivity index (χ3n) is 6.30. The molecule has 2 aromatic rings. The number of carbonyl (C=O) groups is 2. The van der Waals surface area contributed by atoms with Crippen LogP contribution in [0.5, 0.6) is 5.75 Å². The van der Waals surface area contributed by atoms with Gasteiger partial charge in [0.1, 0.15) is 6.61 Å². The van der Waals surface area contributed by atoms with Crippen molar-refractivity contribution in [1.29, 1.82) is 0 Å². The number of Topliss-reactive ketones (excluding diaryl/α,β-unsaturated/α-hetero) is 1. The van der Waals surface area contributed by atoms with Gasteiger partial charge in [-0.15, -0.1) is 0 Å². The van der Waals surface area contributed by atoms with Crippen LogP contribution in [0.3, 0.4) is 0 Å². The summed E-state index contributed by atoms with van der Waals surface area (Å²) in [6.07, 6.45) is 1.75. The predicted octanol–water partition coefficient (Wildman–Crippen LogP) is 5.01. The molecule has 1 heterocycles. The Labute approximate surface area is 203 Å². The lowest BCUT2D eigenvalue weighted by Crippen LogP contribution is -2.34. The third kappa shape index (κ3) is 4.96. The molecule has 0 fully saturated rings. The van der Waals surface area contributed by atoms with Crippen molar-refractivity contribution in [3.63, 3.8) is 0 Å². The van der Waals surface area contributed by atoms with Crippen molar-refractivity contribution >= 4 is 17.4 Å². The smallest absolute Gasteiger partial charge is 0.336 e. The van der Waals surface area contributed by atoms with Crippen LogP contribution >= 0.6 is 0 Å². The molecule has 0 bridgehead atoms. The molecule has 0 aromatic heterocycles. The molecule has 4 rings (SSSR count). The number of ether oxygens (including phenoxy) is 2. The minimum absolute atomic E-state index is 0.0691. The summed E-state index contributed by atoms with van der Waals surface area (Å²) in [5, 5.41) is 15.2. The van der Waals surface area contributed by atoms with Gasteiger partial charge in [-0.2, -0.15) is 0 Å². The maximum absolute atomic E-state index is 13.0. The molecule has 0 spiro atoms. The number of ketones is 1. The SMILES string of the molecule is CCOC(=O)C1=C(C)NC2=C(C(=O)CCC2)[C@H]1c1ccc(OCc2ccc(C)cc2)c([N+](=O)[O-])c1. The van der Waals surface area contributed by atoms with Crippen LogP contribution in [-0.4, -0.2) is 23.3 Å². The van der Waals surface area contributed by atoms with E-state index in [1.807, 2.05) is 31.2 Å². The van der Waals surface area contributed by atoms with Gasteiger partial charge in [-0.3, -0.25) is 14.9 Å². The van der Waals surface area contributed by atoms with E-state index in [1.54, 1.807) is 19.9 Å². The van der Waals surface area contributed by atoms with Crippen molar-refractivity contribution in [2.75, 3.05) is 6.61 Å². The quantitative estimate of drug-likeness (QED) is 0.340. The topological polar surface area (TPSA) is 108 Å². The maximum atomic E-state index is 13.0. The number of benzene rings is 2. The Morgan fingerprint density at radius 2 is 1.89 bits per heavy atom. The number of dihydropyridines is 1. The normalized spacial score (nSPS) is 17.6. The molecule has 0 amide bonds. The second kappa shape index (κ2) is 10.1. The highest BCUT2D eigenvalue weighted by Crippen LogP contribution is 2.44. The maximum Gasteiger partial charge on any atom is 0.336 e. The molecule has 2 aliphatic rings. The fourth-order valence-electron chi connectivity index (χ4n) is 4.62. The largest absolute Gasteiger partial charge is 0.482 e. The van der Waals surface area contributed by atoms with Gasteiger partial charge in [0.05, 0.1) is 17.1 Å². The Kier molecular flexibility index (Phi) is 7.00. The first kappa shape index (κ1) is 24.2. The zero-order chi connectivity index (χ0) is 25.1. The van der Waals surface area contributed by atoms with E-state index in [2.05, 4.69) is 5.32 Å². The predicted molar refractivity (Wildman–Crippen MR) is 130 cm³/mol. The molecule has 35 heavy (non-hydrogen) atoms. The van der Waals surface area contributed by atoms with E-state index >= 15 is 0 Å². The molecular weight excluding hydrogens is 448 g/mol. The van der Waals surface area contributed by atoms with Crippen molar-refractivity contribution in [3.05, 3.63) is 91.8 Å². The van der Waals surface area contributed by atoms with Crippen molar-refractivity contribution < 1.29 is 24.0 Å². The van der Waals surface area contributed by atoms with Crippen LogP contribution in [0.4, 0.5) is 5.69 Å². The van der Waals surface area contributed by atoms with Crippen LogP contribution in [0.15, 0.2) is 65.0 Å². The average molecular weight is 477 g/mol. The highest BCUT2D eigenvalue weighted by Gasteiger charge is 2.39. The summed E-state index contributed by atoms with van der Waals surface area (Å²) in [6.45, 7) is 5.80. The first-order chi connectivity index (χ1) is 16.8. The monoisotopic (exact) mass is 476 g/mol. The molecule has 1 aliphatic carbocycles. The van der Waals surface area contributed by atoms with Gasteiger partial charge in [0.15, 0.2) is 11.5 Å². The number of allylic oxidation sites excluding steroid dienone is 3. The van der Waals surface area contributed by atoms with Gasteiger partial charge in [0.25, 0.3) is 0 Å². The van der Waals surface area contributed by atoms with Gasteiger partial charge in [0.2, 0.25) is 0 Å².